The average molecular weight is 216 g/mol. The molecular weight excluding hydrogens is 192 g/mol. The zero-order valence-corrected chi connectivity index (χ0v) is 10.8. The summed E-state index contributed by atoms with van der Waals surface area (Å²) >= 11 is 0. The monoisotopic (exact) mass is 216 g/mol. The molecule has 0 unspecified atom stereocenters. The van der Waals surface area contributed by atoms with Crippen molar-refractivity contribution >= 4 is 5.91 Å². The maximum Gasteiger partial charge on any atom is 0.242 e. The molecule has 0 aromatic heterocycles. The van der Waals surface area contributed by atoms with Gasteiger partial charge in [-0.15, -0.1) is 0 Å². The third kappa shape index (κ3) is 5.14. The Morgan fingerprint density at radius 2 is 2.00 bits per heavy atom. The van der Waals surface area contributed by atoms with E-state index in [1.165, 1.54) is 0 Å². The van der Waals surface area contributed by atoms with Crippen LogP contribution in [0.3, 0.4) is 0 Å². The highest BCUT2D eigenvalue weighted by Crippen LogP contribution is 2.08. The lowest BCUT2D eigenvalue weighted by molar-refractivity contribution is -0.136. The molecule has 0 bridgehead atoms. The molecule has 0 saturated heterocycles. The van der Waals surface area contributed by atoms with E-state index in [-0.39, 0.29) is 5.91 Å². The second-order valence-electron chi connectivity index (χ2n) is 4.64. The second-order valence-corrected chi connectivity index (χ2v) is 4.64. The number of amides is 1. The Balaban J connectivity index is 4.27. The molecule has 1 N–H and O–H groups in total. The lowest BCUT2D eigenvalue weighted by Crippen LogP contribution is -2.55. The van der Waals surface area contributed by atoms with Crippen molar-refractivity contribution in [1.82, 2.24) is 10.2 Å². The lowest BCUT2D eigenvalue weighted by Gasteiger charge is -2.31. The molecule has 0 spiro atoms. The summed E-state index contributed by atoms with van der Waals surface area (Å²) < 4.78 is 4.94. The van der Waals surface area contributed by atoms with Gasteiger partial charge in [-0.3, -0.25) is 4.79 Å². The third-order valence-corrected chi connectivity index (χ3v) is 2.16. The molecule has 0 saturated carbocycles. The Bertz CT molecular complexity index is 203. The molecule has 0 radical (unpaired) electrons. The van der Waals surface area contributed by atoms with E-state index in [0.29, 0.717) is 19.2 Å². The van der Waals surface area contributed by atoms with Crippen LogP contribution < -0.4 is 5.32 Å². The van der Waals surface area contributed by atoms with Gasteiger partial charge in [0.2, 0.25) is 5.91 Å². The van der Waals surface area contributed by atoms with Crippen LogP contribution in [0.2, 0.25) is 0 Å². The van der Waals surface area contributed by atoms with E-state index in [9.17, 15) is 4.79 Å². The van der Waals surface area contributed by atoms with Crippen molar-refractivity contribution in [2.75, 3.05) is 27.3 Å². The molecule has 0 atom stereocenters. The molecule has 4 heteroatoms. The molecule has 15 heavy (non-hydrogen) atoms. The van der Waals surface area contributed by atoms with Crippen LogP contribution in [0, 0.1) is 0 Å². The molecule has 0 aromatic rings. The van der Waals surface area contributed by atoms with E-state index in [4.69, 9.17) is 4.74 Å². The Morgan fingerprint density at radius 3 is 2.40 bits per heavy atom. The highest BCUT2D eigenvalue weighted by Gasteiger charge is 2.30. The fraction of sp³-hybridized carbons (Fsp3) is 0.909. The second kappa shape index (κ2) is 6.08. The number of nitrogens with zero attached hydrogens (tertiary/aromatic N) is 1. The Kier molecular flexibility index (Phi) is 5.83. The first-order chi connectivity index (χ1) is 6.81. The first-order valence-electron chi connectivity index (χ1n) is 5.33. The average Bonchev–Trinajstić information content (AvgIpc) is 2.10. The van der Waals surface area contributed by atoms with E-state index in [1.54, 1.807) is 19.1 Å². The summed E-state index contributed by atoms with van der Waals surface area (Å²) in [4.78, 5) is 13.7. The van der Waals surface area contributed by atoms with Gasteiger partial charge in [-0.1, -0.05) is 0 Å². The molecule has 0 aromatic carbocycles. The van der Waals surface area contributed by atoms with Gasteiger partial charge in [0.15, 0.2) is 0 Å². The number of hydrogen-bond acceptors (Lipinski definition) is 3. The number of rotatable bonds is 6. The Labute approximate surface area is 93.0 Å². The van der Waals surface area contributed by atoms with Crippen molar-refractivity contribution in [3.05, 3.63) is 0 Å². The first-order valence-corrected chi connectivity index (χ1v) is 5.33. The number of likely N-dealkylation sites (N-methyl/N-ethyl adjacent to an activating group) is 1. The smallest absolute Gasteiger partial charge is 0.242 e. The Morgan fingerprint density at radius 1 is 1.47 bits per heavy atom. The van der Waals surface area contributed by atoms with Crippen LogP contribution >= 0.6 is 0 Å². The van der Waals surface area contributed by atoms with E-state index < -0.39 is 5.54 Å². The minimum atomic E-state index is -0.517. The highest BCUT2D eigenvalue weighted by molar-refractivity contribution is 5.85. The summed E-state index contributed by atoms with van der Waals surface area (Å²) in [6.07, 6.45) is 0. The van der Waals surface area contributed by atoms with Crippen LogP contribution in [0.1, 0.15) is 27.7 Å². The van der Waals surface area contributed by atoms with Gasteiger partial charge in [-0.05, 0) is 27.7 Å². The standard InChI is InChI=1S/C11H24N2O2/c1-9(2)12-11(3,4)10(14)13(5)7-8-15-6/h9,12H,7-8H2,1-6H3. The van der Waals surface area contributed by atoms with Gasteiger partial charge >= 0.3 is 0 Å². The number of ether oxygens (including phenoxy) is 1. The maximum atomic E-state index is 12.0. The molecular formula is C11H24N2O2. The van der Waals surface area contributed by atoms with Crippen LogP contribution in [0.15, 0.2) is 0 Å². The van der Waals surface area contributed by atoms with Crippen LogP contribution in [0.5, 0.6) is 0 Å². The van der Waals surface area contributed by atoms with Crippen LogP contribution in [-0.2, 0) is 9.53 Å². The zero-order chi connectivity index (χ0) is 12.1. The molecule has 0 fully saturated rings. The largest absolute Gasteiger partial charge is 0.383 e. The van der Waals surface area contributed by atoms with Crippen molar-refractivity contribution in [3.63, 3.8) is 0 Å². The molecule has 0 rings (SSSR count). The third-order valence-electron chi connectivity index (χ3n) is 2.16. The fourth-order valence-corrected chi connectivity index (χ4v) is 1.59. The van der Waals surface area contributed by atoms with Crippen molar-refractivity contribution < 1.29 is 9.53 Å². The predicted molar refractivity (Wildman–Crippen MR) is 61.9 cm³/mol. The quantitative estimate of drug-likeness (QED) is 0.716. The maximum absolute atomic E-state index is 12.0. The van der Waals surface area contributed by atoms with Gasteiger partial charge in [0.25, 0.3) is 0 Å². The van der Waals surface area contributed by atoms with Gasteiger partial charge < -0.3 is 15.0 Å². The number of nitrogens with one attached hydrogen (secondary N) is 1. The van der Waals surface area contributed by atoms with Crippen molar-refractivity contribution in [2.24, 2.45) is 0 Å². The summed E-state index contributed by atoms with van der Waals surface area (Å²) in [5.41, 5.74) is -0.517. The molecule has 0 aliphatic carbocycles. The summed E-state index contributed by atoms with van der Waals surface area (Å²) in [6.45, 7) is 9.06. The number of methoxy groups -OCH3 is 1. The van der Waals surface area contributed by atoms with E-state index in [2.05, 4.69) is 5.32 Å². The van der Waals surface area contributed by atoms with Gasteiger partial charge in [-0.25, -0.2) is 0 Å². The highest BCUT2D eigenvalue weighted by atomic mass is 16.5. The minimum absolute atomic E-state index is 0.0910. The SMILES string of the molecule is COCCN(C)C(=O)C(C)(C)NC(C)C. The van der Waals surface area contributed by atoms with Gasteiger partial charge in [0, 0.05) is 26.7 Å². The van der Waals surface area contributed by atoms with E-state index >= 15 is 0 Å². The topological polar surface area (TPSA) is 41.6 Å². The molecule has 0 aliphatic heterocycles. The molecule has 4 nitrogen and oxygen atoms in total. The van der Waals surface area contributed by atoms with Gasteiger partial charge in [0.05, 0.1) is 12.1 Å². The fourth-order valence-electron chi connectivity index (χ4n) is 1.59. The molecule has 0 heterocycles. The molecule has 0 aliphatic rings. The summed E-state index contributed by atoms with van der Waals surface area (Å²) in [5, 5.41) is 3.24. The summed E-state index contributed by atoms with van der Waals surface area (Å²) in [7, 11) is 3.43. The normalized spacial score (nSPS) is 11.9. The first kappa shape index (κ1) is 14.4. The van der Waals surface area contributed by atoms with Crippen LogP contribution in [0.25, 0.3) is 0 Å². The number of carbonyl (C=O) groups excluding carboxylic acids is 1. The van der Waals surface area contributed by atoms with Crippen LogP contribution in [-0.4, -0.2) is 49.7 Å². The lowest BCUT2D eigenvalue weighted by atomic mass is 10.0. The van der Waals surface area contributed by atoms with Crippen LogP contribution in [0.4, 0.5) is 0 Å². The molecule has 1 amide bonds. The summed E-state index contributed by atoms with van der Waals surface area (Å²) in [6, 6.07) is 0.291. The van der Waals surface area contributed by atoms with E-state index in [1.807, 2.05) is 27.7 Å². The van der Waals surface area contributed by atoms with Crippen molar-refractivity contribution in [2.45, 2.75) is 39.3 Å². The zero-order valence-electron chi connectivity index (χ0n) is 10.8. The van der Waals surface area contributed by atoms with Gasteiger partial charge in [0.1, 0.15) is 0 Å². The van der Waals surface area contributed by atoms with Crippen molar-refractivity contribution in [3.8, 4) is 0 Å². The minimum Gasteiger partial charge on any atom is -0.383 e. The predicted octanol–water partition coefficient (Wildman–Crippen LogP) is 0.868. The van der Waals surface area contributed by atoms with E-state index in [0.717, 1.165) is 0 Å². The number of hydrogen-bond donors (Lipinski definition) is 1. The Hall–Kier alpha value is -0.610. The van der Waals surface area contributed by atoms with Crippen molar-refractivity contribution in [1.29, 1.82) is 0 Å². The van der Waals surface area contributed by atoms with Gasteiger partial charge in [-0.2, -0.15) is 0 Å². The number of carbonyl (C=O) groups is 1. The summed E-state index contributed by atoms with van der Waals surface area (Å²) in [5.74, 6) is 0.0910. The molecule has 90 valence electrons.